The van der Waals surface area contributed by atoms with Crippen LogP contribution in [0.15, 0.2) is 18.5 Å². The van der Waals surface area contributed by atoms with Crippen molar-refractivity contribution in [2.24, 2.45) is 5.92 Å². The molecule has 2 heterocycles. The maximum atomic E-state index is 13.3. The van der Waals surface area contributed by atoms with Crippen molar-refractivity contribution in [3.63, 3.8) is 0 Å². The average Bonchev–Trinajstić information content (AvgIpc) is 3.17. The van der Waals surface area contributed by atoms with E-state index in [4.69, 9.17) is 17.6 Å². The molecule has 20 heavy (non-hydrogen) atoms. The quantitative estimate of drug-likeness (QED) is 0.817. The zero-order valence-corrected chi connectivity index (χ0v) is 13.2. The van der Waals surface area contributed by atoms with Gasteiger partial charge in [-0.3, -0.25) is 4.98 Å². The summed E-state index contributed by atoms with van der Waals surface area (Å²) in [6.07, 6.45) is 5.30. The van der Waals surface area contributed by atoms with Gasteiger partial charge in [-0.15, -0.1) is 11.3 Å². The Morgan fingerprint density at radius 2 is 2.10 bits per heavy atom. The number of aromatic nitrogens is 2. The molecule has 2 aromatic heterocycles. The molecule has 0 aliphatic heterocycles. The van der Waals surface area contributed by atoms with Crippen molar-refractivity contribution in [1.82, 2.24) is 9.97 Å². The molecule has 2 nitrogen and oxygen atoms in total. The van der Waals surface area contributed by atoms with Crippen molar-refractivity contribution in [2.75, 3.05) is 0 Å². The van der Waals surface area contributed by atoms with Crippen LogP contribution in [0.4, 0.5) is 4.39 Å². The monoisotopic (exact) mass is 308 g/mol. The van der Waals surface area contributed by atoms with Crippen LogP contribution in [0.1, 0.15) is 48.4 Å². The number of pyridine rings is 1. The van der Waals surface area contributed by atoms with Gasteiger partial charge in [-0.25, -0.2) is 9.37 Å². The van der Waals surface area contributed by atoms with E-state index in [2.05, 4.69) is 18.8 Å². The number of thiol groups is 1. The molecule has 106 valence electrons. The third-order valence-electron chi connectivity index (χ3n) is 3.50. The molecule has 0 aromatic carbocycles. The summed E-state index contributed by atoms with van der Waals surface area (Å²) in [6.45, 7) is 4.33. The van der Waals surface area contributed by atoms with Crippen LogP contribution in [0.25, 0.3) is 10.6 Å². The Labute approximate surface area is 127 Å². The van der Waals surface area contributed by atoms with Crippen molar-refractivity contribution < 1.29 is 4.39 Å². The van der Waals surface area contributed by atoms with Gasteiger partial charge in [0.2, 0.25) is 0 Å². The summed E-state index contributed by atoms with van der Waals surface area (Å²) >= 11 is 6.37. The molecule has 0 saturated heterocycles. The van der Waals surface area contributed by atoms with Gasteiger partial charge in [-0.2, -0.15) is 12.6 Å². The lowest BCUT2D eigenvalue weighted by Crippen LogP contribution is -2.00. The molecule has 1 atom stereocenters. The number of thiazole rings is 1. The van der Waals surface area contributed by atoms with Gasteiger partial charge in [0, 0.05) is 27.8 Å². The predicted octanol–water partition coefficient (Wildman–Crippen LogP) is 4.85. The molecular formula is C15H17FN2S2. The topological polar surface area (TPSA) is 25.8 Å². The van der Waals surface area contributed by atoms with Crippen LogP contribution in [-0.4, -0.2) is 9.97 Å². The first-order valence-electron chi connectivity index (χ1n) is 6.86. The molecule has 0 spiro atoms. The number of rotatable bonds is 4. The highest BCUT2D eigenvalue weighted by Gasteiger charge is 2.32. The SMILES string of the molecule is CC(C)C(S)c1sc(-c2cncc(F)c2)nc1C1CC1. The zero-order chi connectivity index (χ0) is 14.3. The summed E-state index contributed by atoms with van der Waals surface area (Å²) < 4.78 is 13.3. The molecule has 2 aromatic rings. The lowest BCUT2D eigenvalue weighted by Gasteiger charge is -2.13. The van der Waals surface area contributed by atoms with E-state index in [-0.39, 0.29) is 11.1 Å². The van der Waals surface area contributed by atoms with Gasteiger partial charge in [0.25, 0.3) is 0 Å². The molecule has 0 amide bonds. The lowest BCUT2D eigenvalue weighted by atomic mass is 10.1. The van der Waals surface area contributed by atoms with Gasteiger partial charge in [0.05, 0.1) is 11.9 Å². The second kappa shape index (κ2) is 5.45. The largest absolute Gasteiger partial charge is 0.261 e. The van der Waals surface area contributed by atoms with Crippen molar-refractivity contribution in [2.45, 2.75) is 37.9 Å². The van der Waals surface area contributed by atoms with Gasteiger partial charge in [-0.1, -0.05) is 13.8 Å². The summed E-state index contributed by atoms with van der Waals surface area (Å²) in [5, 5.41) is 1.05. The summed E-state index contributed by atoms with van der Waals surface area (Å²) in [5.74, 6) is 0.707. The fourth-order valence-corrected chi connectivity index (χ4v) is 3.74. The highest BCUT2D eigenvalue weighted by Crippen LogP contribution is 2.48. The van der Waals surface area contributed by atoms with Crippen LogP contribution >= 0.6 is 24.0 Å². The van der Waals surface area contributed by atoms with Crippen LogP contribution in [0.5, 0.6) is 0 Å². The van der Waals surface area contributed by atoms with Crippen molar-refractivity contribution in [3.05, 3.63) is 34.8 Å². The number of hydrogen-bond acceptors (Lipinski definition) is 4. The number of halogens is 1. The minimum Gasteiger partial charge on any atom is -0.261 e. The van der Waals surface area contributed by atoms with E-state index in [0.717, 1.165) is 10.6 Å². The minimum atomic E-state index is -0.321. The van der Waals surface area contributed by atoms with Gasteiger partial charge < -0.3 is 0 Å². The van der Waals surface area contributed by atoms with E-state index in [9.17, 15) is 4.39 Å². The molecule has 1 saturated carbocycles. The van der Waals surface area contributed by atoms with E-state index < -0.39 is 0 Å². The predicted molar refractivity (Wildman–Crippen MR) is 83.8 cm³/mol. The number of hydrogen-bond donors (Lipinski definition) is 1. The summed E-state index contributed by atoms with van der Waals surface area (Å²) in [4.78, 5) is 9.90. The molecule has 0 N–H and O–H groups in total. The Morgan fingerprint density at radius 3 is 2.70 bits per heavy atom. The molecule has 1 aliphatic carbocycles. The van der Waals surface area contributed by atoms with E-state index >= 15 is 0 Å². The lowest BCUT2D eigenvalue weighted by molar-refractivity contribution is 0.622. The summed E-state index contributed by atoms with van der Waals surface area (Å²) in [7, 11) is 0. The molecule has 5 heteroatoms. The van der Waals surface area contributed by atoms with E-state index in [0.29, 0.717) is 11.8 Å². The first-order chi connectivity index (χ1) is 9.56. The molecule has 1 aliphatic rings. The van der Waals surface area contributed by atoms with E-state index in [1.807, 2.05) is 0 Å². The smallest absolute Gasteiger partial charge is 0.142 e. The van der Waals surface area contributed by atoms with Crippen LogP contribution in [0, 0.1) is 11.7 Å². The molecular weight excluding hydrogens is 291 g/mol. The van der Waals surface area contributed by atoms with Gasteiger partial charge in [-0.05, 0) is 24.8 Å². The van der Waals surface area contributed by atoms with E-state index in [1.165, 1.54) is 35.7 Å². The first-order valence-corrected chi connectivity index (χ1v) is 8.19. The maximum absolute atomic E-state index is 13.3. The molecule has 1 unspecified atom stereocenters. The summed E-state index contributed by atoms with van der Waals surface area (Å²) in [6, 6.07) is 1.50. The molecule has 0 radical (unpaired) electrons. The zero-order valence-electron chi connectivity index (χ0n) is 11.5. The highest BCUT2D eigenvalue weighted by molar-refractivity contribution is 7.80. The first kappa shape index (κ1) is 14.0. The molecule has 3 rings (SSSR count). The standard InChI is InChI=1S/C15H17FN2S2/c1-8(2)13(19)14-12(9-3-4-9)18-15(20-14)10-5-11(16)7-17-6-10/h5-9,13,19H,3-4H2,1-2H3. The van der Waals surface area contributed by atoms with Crippen molar-refractivity contribution in [3.8, 4) is 10.6 Å². The van der Waals surface area contributed by atoms with Crippen LogP contribution < -0.4 is 0 Å². The Balaban J connectivity index is 2.03. The Hall–Kier alpha value is -0.940. The molecule has 1 fully saturated rings. The van der Waals surface area contributed by atoms with Gasteiger partial charge >= 0.3 is 0 Å². The summed E-state index contributed by atoms with van der Waals surface area (Å²) in [5.41, 5.74) is 1.93. The average molecular weight is 308 g/mol. The fraction of sp³-hybridized carbons (Fsp3) is 0.467. The van der Waals surface area contributed by atoms with Crippen LogP contribution in [0.2, 0.25) is 0 Å². The Bertz CT molecular complexity index is 620. The third-order valence-corrected chi connectivity index (χ3v) is 5.73. The molecule has 0 bridgehead atoms. The normalized spacial score (nSPS) is 16.6. The minimum absolute atomic E-state index is 0.193. The van der Waals surface area contributed by atoms with Crippen LogP contribution in [-0.2, 0) is 0 Å². The van der Waals surface area contributed by atoms with Gasteiger partial charge in [0.15, 0.2) is 0 Å². The second-order valence-electron chi connectivity index (χ2n) is 5.62. The van der Waals surface area contributed by atoms with Crippen LogP contribution in [0.3, 0.4) is 0 Å². The van der Waals surface area contributed by atoms with E-state index in [1.54, 1.807) is 17.5 Å². The highest BCUT2D eigenvalue weighted by atomic mass is 32.1. The fourth-order valence-electron chi connectivity index (χ4n) is 2.16. The maximum Gasteiger partial charge on any atom is 0.142 e. The third kappa shape index (κ3) is 2.74. The Morgan fingerprint density at radius 1 is 1.35 bits per heavy atom. The Kier molecular flexibility index (Phi) is 3.82. The van der Waals surface area contributed by atoms with Gasteiger partial charge in [0.1, 0.15) is 10.8 Å². The number of nitrogens with zero attached hydrogens (tertiary/aromatic N) is 2. The van der Waals surface area contributed by atoms with Crippen molar-refractivity contribution in [1.29, 1.82) is 0 Å². The van der Waals surface area contributed by atoms with Crippen molar-refractivity contribution >= 4 is 24.0 Å². The second-order valence-corrected chi connectivity index (χ2v) is 7.21.